The van der Waals surface area contributed by atoms with Gasteiger partial charge >= 0.3 is 0 Å². The molecule has 2 aromatic rings. The summed E-state index contributed by atoms with van der Waals surface area (Å²) < 4.78 is 2.18. The molecule has 0 bridgehead atoms. The smallest absolute Gasteiger partial charge is 0.248 e. The predicted octanol–water partition coefficient (Wildman–Crippen LogP) is 1.96. The van der Waals surface area contributed by atoms with Crippen LogP contribution in [0, 0.1) is 5.41 Å². The van der Waals surface area contributed by atoms with Crippen LogP contribution in [0.1, 0.15) is 33.2 Å². The third kappa shape index (κ3) is 4.06. The predicted molar refractivity (Wildman–Crippen MR) is 107 cm³/mol. The summed E-state index contributed by atoms with van der Waals surface area (Å²) in [5.41, 5.74) is 0.138. The van der Waals surface area contributed by atoms with Crippen LogP contribution >= 0.6 is 22.9 Å². The van der Waals surface area contributed by atoms with Crippen molar-refractivity contribution in [3.05, 3.63) is 22.7 Å². The van der Waals surface area contributed by atoms with Crippen LogP contribution in [-0.4, -0.2) is 62.6 Å². The van der Waals surface area contributed by atoms with Gasteiger partial charge in [0.2, 0.25) is 11.8 Å². The Morgan fingerprint density at radius 2 is 2.11 bits per heavy atom. The molecule has 0 radical (unpaired) electrons. The average Bonchev–Trinajstić information content (AvgIpc) is 3.32. The number of amides is 2. The fourth-order valence-electron chi connectivity index (χ4n) is 3.48. The van der Waals surface area contributed by atoms with Crippen LogP contribution in [0.5, 0.6) is 0 Å². The van der Waals surface area contributed by atoms with Gasteiger partial charge < -0.3 is 15.3 Å². The van der Waals surface area contributed by atoms with Crippen LogP contribution in [0.3, 0.4) is 0 Å². The zero-order valence-electron chi connectivity index (χ0n) is 16.2. The Morgan fingerprint density at radius 1 is 1.39 bits per heavy atom. The highest BCUT2D eigenvalue weighted by molar-refractivity contribution is 7.19. The Labute approximate surface area is 172 Å². The molecule has 1 fully saturated rings. The number of halogens is 1. The second-order valence-electron chi connectivity index (χ2n) is 7.97. The lowest BCUT2D eigenvalue weighted by Gasteiger charge is -2.34. The zero-order valence-corrected chi connectivity index (χ0v) is 17.8. The molecule has 2 amide bonds. The Hall–Kier alpha value is -1.97. The second kappa shape index (κ2) is 7.81. The van der Waals surface area contributed by atoms with Crippen molar-refractivity contribution in [1.82, 2.24) is 25.2 Å². The van der Waals surface area contributed by atoms with Crippen molar-refractivity contribution < 1.29 is 14.7 Å². The van der Waals surface area contributed by atoms with E-state index in [1.54, 1.807) is 12.3 Å². The molecule has 2 N–H and O–H groups in total. The summed E-state index contributed by atoms with van der Waals surface area (Å²) in [5.74, 6) is -0.552. The van der Waals surface area contributed by atoms with Gasteiger partial charge in [0.25, 0.3) is 0 Å². The first-order valence-electron chi connectivity index (χ1n) is 8.99. The fraction of sp³-hybridized carbons (Fsp3) is 0.556. The number of aliphatic hydroxyl groups is 1. The third-order valence-corrected chi connectivity index (χ3v) is 6.02. The van der Waals surface area contributed by atoms with Gasteiger partial charge in [-0.25, -0.2) is 4.68 Å². The van der Waals surface area contributed by atoms with Gasteiger partial charge in [-0.1, -0.05) is 37.6 Å². The zero-order chi connectivity index (χ0) is 20.6. The molecule has 3 rings (SSSR count). The molecule has 8 nitrogen and oxygen atoms in total. The first kappa shape index (κ1) is 20.8. The van der Waals surface area contributed by atoms with Crippen molar-refractivity contribution in [1.29, 1.82) is 0 Å². The number of nitrogens with one attached hydrogen (secondary N) is 1. The number of likely N-dealkylation sites (N-methyl/N-ethyl adjacent to an activating group) is 1. The van der Waals surface area contributed by atoms with Crippen molar-refractivity contribution in [2.45, 2.75) is 45.4 Å². The maximum Gasteiger partial charge on any atom is 0.248 e. The molecule has 28 heavy (non-hydrogen) atoms. The number of carbonyl (C=O) groups is 2. The number of hydrogen-bond acceptors (Lipinski definition) is 6. The normalized spacial score (nSPS) is 21.0. The molecule has 0 saturated carbocycles. The first-order valence-corrected chi connectivity index (χ1v) is 10.2. The highest BCUT2D eigenvalue weighted by Gasteiger charge is 2.45. The van der Waals surface area contributed by atoms with Gasteiger partial charge in [0, 0.05) is 20.0 Å². The molecule has 2 aromatic heterocycles. The number of nitrogens with zero attached hydrogens (tertiary/aromatic N) is 4. The van der Waals surface area contributed by atoms with Gasteiger partial charge in [-0.2, -0.15) is 0 Å². The van der Waals surface area contributed by atoms with Crippen LogP contribution in [0.15, 0.2) is 18.3 Å². The van der Waals surface area contributed by atoms with E-state index in [0.29, 0.717) is 10.0 Å². The number of rotatable bonds is 4. The van der Waals surface area contributed by atoms with E-state index in [9.17, 15) is 14.7 Å². The minimum atomic E-state index is -0.730. The van der Waals surface area contributed by atoms with E-state index in [1.165, 1.54) is 28.0 Å². The van der Waals surface area contributed by atoms with E-state index in [1.807, 2.05) is 26.8 Å². The van der Waals surface area contributed by atoms with Crippen LogP contribution in [-0.2, 0) is 9.59 Å². The van der Waals surface area contributed by atoms with Crippen LogP contribution in [0.25, 0.3) is 10.6 Å². The van der Waals surface area contributed by atoms with Gasteiger partial charge in [0.15, 0.2) is 0 Å². The number of hydrogen-bond donors (Lipinski definition) is 2. The highest BCUT2D eigenvalue weighted by Crippen LogP contribution is 2.36. The standard InChI is InChI=1S/C18H24ClN5O3S/c1-18(2,3)15(17(27)23-8-10(25)7-12(23)16(26)20-4)24-9-11(21-22-24)13-5-6-14(19)28-13/h5-6,9-10,12,15,25H,7-8H2,1-4H3,(H,20,26)/t10?,12-,15?/m1/s1. The van der Waals surface area contributed by atoms with Gasteiger partial charge in [0.05, 0.1) is 21.5 Å². The summed E-state index contributed by atoms with van der Waals surface area (Å²) in [5, 5.41) is 21.0. The van der Waals surface area contributed by atoms with E-state index < -0.39 is 23.6 Å². The van der Waals surface area contributed by atoms with Crippen molar-refractivity contribution in [2.24, 2.45) is 5.41 Å². The second-order valence-corrected chi connectivity index (χ2v) is 9.68. The maximum atomic E-state index is 13.4. The molecule has 3 atom stereocenters. The van der Waals surface area contributed by atoms with Crippen LogP contribution in [0.2, 0.25) is 4.34 Å². The molecule has 1 saturated heterocycles. The molecule has 1 aliphatic heterocycles. The van der Waals surface area contributed by atoms with Gasteiger partial charge in [-0.3, -0.25) is 9.59 Å². The Bertz CT molecular complexity index is 875. The minimum absolute atomic E-state index is 0.117. The summed E-state index contributed by atoms with van der Waals surface area (Å²) >= 11 is 7.39. The monoisotopic (exact) mass is 425 g/mol. The maximum absolute atomic E-state index is 13.4. The van der Waals surface area contributed by atoms with Crippen LogP contribution < -0.4 is 5.32 Å². The molecule has 0 aromatic carbocycles. The van der Waals surface area contributed by atoms with Gasteiger partial charge in [0.1, 0.15) is 17.8 Å². The first-order chi connectivity index (χ1) is 13.1. The van der Waals surface area contributed by atoms with E-state index in [-0.39, 0.29) is 24.8 Å². The van der Waals surface area contributed by atoms with E-state index in [0.717, 1.165) is 4.88 Å². The summed E-state index contributed by atoms with van der Waals surface area (Å²) in [6, 6.07) is 2.26. The number of likely N-dealkylation sites (tertiary alicyclic amines) is 1. The quantitative estimate of drug-likeness (QED) is 0.779. The number of carbonyl (C=O) groups excluding carboxylic acids is 2. The van der Waals surface area contributed by atoms with Crippen LogP contribution in [0.4, 0.5) is 0 Å². The SMILES string of the molecule is CNC(=O)[C@H]1CC(O)CN1C(=O)C(n1cc(-c2ccc(Cl)s2)nn1)C(C)(C)C. The van der Waals surface area contributed by atoms with E-state index >= 15 is 0 Å². The van der Waals surface area contributed by atoms with Crippen molar-refractivity contribution in [2.75, 3.05) is 13.6 Å². The van der Waals surface area contributed by atoms with Gasteiger partial charge in [-0.05, 0) is 17.5 Å². The molecule has 1 aliphatic rings. The Kier molecular flexibility index (Phi) is 5.79. The molecular formula is C18H24ClN5O3S. The molecule has 2 unspecified atom stereocenters. The molecule has 10 heteroatoms. The van der Waals surface area contributed by atoms with Crippen molar-refractivity contribution in [3.63, 3.8) is 0 Å². The Morgan fingerprint density at radius 3 is 2.68 bits per heavy atom. The lowest BCUT2D eigenvalue weighted by molar-refractivity contribution is -0.144. The summed E-state index contributed by atoms with van der Waals surface area (Å²) in [7, 11) is 1.52. The van der Waals surface area contributed by atoms with Crippen molar-refractivity contribution in [3.8, 4) is 10.6 Å². The fourth-order valence-corrected chi connectivity index (χ4v) is 4.47. The van der Waals surface area contributed by atoms with E-state index in [4.69, 9.17) is 11.6 Å². The van der Waals surface area contributed by atoms with E-state index in [2.05, 4.69) is 15.6 Å². The highest BCUT2D eigenvalue weighted by atomic mass is 35.5. The number of aliphatic hydroxyl groups excluding tert-OH is 1. The topological polar surface area (TPSA) is 100 Å². The largest absolute Gasteiger partial charge is 0.391 e. The third-order valence-electron chi connectivity index (χ3n) is 4.77. The molecule has 3 heterocycles. The Balaban J connectivity index is 1.94. The lowest BCUT2D eigenvalue weighted by atomic mass is 9.85. The number of aromatic nitrogens is 3. The van der Waals surface area contributed by atoms with Gasteiger partial charge in [-0.15, -0.1) is 16.4 Å². The van der Waals surface area contributed by atoms with Crippen molar-refractivity contribution >= 4 is 34.8 Å². The number of thiophene rings is 1. The lowest BCUT2D eigenvalue weighted by Crippen LogP contribution is -2.49. The molecule has 0 spiro atoms. The number of β-amino-alcohol motifs (C(OH)–C–C–N with tert-alkyl or cyclic N) is 1. The summed E-state index contributed by atoms with van der Waals surface area (Å²) in [6.07, 6.45) is 1.21. The summed E-state index contributed by atoms with van der Waals surface area (Å²) in [4.78, 5) is 28.0. The molecular weight excluding hydrogens is 402 g/mol. The molecule has 0 aliphatic carbocycles. The average molecular weight is 426 g/mol. The minimum Gasteiger partial charge on any atom is -0.391 e. The summed E-state index contributed by atoms with van der Waals surface area (Å²) in [6.45, 7) is 5.91. The molecule has 152 valence electrons.